The summed E-state index contributed by atoms with van der Waals surface area (Å²) in [6.07, 6.45) is 0. The third-order valence-corrected chi connectivity index (χ3v) is 2.23. The minimum atomic E-state index is -0.784. The first-order valence-electron chi connectivity index (χ1n) is 5.49. The highest BCUT2D eigenvalue weighted by atomic mass is 16.3. The van der Waals surface area contributed by atoms with Crippen LogP contribution >= 0.6 is 0 Å². The van der Waals surface area contributed by atoms with Crippen molar-refractivity contribution >= 4 is 0 Å². The molecule has 0 spiro atoms. The summed E-state index contributed by atoms with van der Waals surface area (Å²) < 4.78 is 5.21. The van der Waals surface area contributed by atoms with E-state index in [-0.39, 0.29) is 0 Å². The van der Waals surface area contributed by atoms with Crippen LogP contribution in [0, 0.1) is 11.3 Å². The summed E-state index contributed by atoms with van der Waals surface area (Å²) in [4.78, 5) is 1.93. The van der Waals surface area contributed by atoms with Crippen LogP contribution < -0.4 is 5.32 Å². The first-order chi connectivity index (χ1) is 7.93. The van der Waals surface area contributed by atoms with Gasteiger partial charge in [-0.05, 0) is 33.2 Å². The Morgan fingerprint density at radius 1 is 1.53 bits per heavy atom. The van der Waals surface area contributed by atoms with E-state index in [1.165, 1.54) is 0 Å². The number of rotatable bonds is 6. The van der Waals surface area contributed by atoms with Gasteiger partial charge in [0.05, 0.1) is 12.1 Å². The molecule has 0 aromatic carbocycles. The molecule has 1 heterocycles. The highest BCUT2D eigenvalue weighted by Gasteiger charge is 2.20. The highest BCUT2D eigenvalue weighted by molar-refractivity contribution is 5.18. The number of furan rings is 1. The Bertz CT molecular complexity index is 391. The lowest BCUT2D eigenvalue weighted by Crippen LogP contribution is -2.45. The molecule has 0 saturated heterocycles. The topological polar surface area (TPSA) is 72.4 Å². The maximum Gasteiger partial charge on any atom is 0.203 e. The number of nitriles is 1. The van der Waals surface area contributed by atoms with E-state index in [4.69, 9.17) is 9.68 Å². The Hall–Kier alpha value is -1.35. The van der Waals surface area contributed by atoms with Gasteiger partial charge >= 0.3 is 0 Å². The molecule has 5 heteroatoms. The van der Waals surface area contributed by atoms with Crippen LogP contribution in [-0.2, 0) is 6.54 Å². The molecule has 0 radical (unpaired) electrons. The fourth-order valence-electron chi connectivity index (χ4n) is 1.73. The zero-order chi connectivity index (χ0) is 12.9. The predicted octanol–water partition coefficient (Wildman–Crippen LogP) is 0.553. The second-order valence-electron chi connectivity index (χ2n) is 4.72. The average molecular weight is 237 g/mol. The number of hydrogen-bond donors (Lipinski definition) is 2. The van der Waals surface area contributed by atoms with Crippen molar-refractivity contribution in [2.45, 2.75) is 19.1 Å². The van der Waals surface area contributed by atoms with Crippen LogP contribution in [0.25, 0.3) is 0 Å². The Balaban J connectivity index is 2.35. The van der Waals surface area contributed by atoms with Gasteiger partial charge in [0.1, 0.15) is 11.8 Å². The first kappa shape index (κ1) is 13.7. The molecule has 2 N–H and O–H groups in total. The Morgan fingerprint density at radius 2 is 2.24 bits per heavy atom. The summed E-state index contributed by atoms with van der Waals surface area (Å²) in [5, 5.41) is 21.7. The quantitative estimate of drug-likeness (QED) is 0.756. The Kier molecular flexibility index (Phi) is 4.70. The van der Waals surface area contributed by atoms with Crippen molar-refractivity contribution in [1.29, 1.82) is 5.26 Å². The molecule has 0 amide bonds. The van der Waals surface area contributed by atoms with Crippen molar-refractivity contribution in [3.8, 4) is 6.07 Å². The lowest BCUT2D eigenvalue weighted by Gasteiger charge is -2.27. The zero-order valence-electron chi connectivity index (χ0n) is 10.5. The van der Waals surface area contributed by atoms with Gasteiger partial charge in [-0.2, -0.15) is 5.26 Å². The summed E-state index contributed by atoms with van der Waals surface area (Å²) in [5.41, 5.74) is -0.784. The van der Waals surface area contributed by atoms with Gasteiger partial charge in [-0.3, -0.25) is 0 Å². The Morgan fingerprint density at radius 3 is 2.76 bits per heavy atom. The monoisotopic (exact) mass is 237 g/mol. The van der Waals surface area contributed by atoms with Crippen LogP contribution in [0.4, 0.5) is 0 Å². The molecule has 0 bridgehead atoms. The molecule has 0 saturated carbocycles. The number of aliphatic hydroxyl groups is 1. The standard InChI is InChI=1S/C12H19N3O2/c1-12(16,9-15(2)3)8-14-7-11-5-4-10(6-13)17-11/h4-5,14,16H,7-9H2,1-3H3. The zero-order valence-corrected chi connectivity index (χ0v) is 10.5. The van der Waals surface area contributed by atoms with Crippen LogP contribution in [-0.4, -0.2) is 42.8 Å². The van der Waals surface area contributed by atoms with Gasteiger partial charge in [-0.25, -0.2) is 0 Å². The predicted molar refractivity (Wildman–Crippen MR) is 64.3 cm³/mol. The van der Waals surface area contributed by atoms with Gasteiger partial charge in [0.25, 0.3) is 0 Å². The molecular weight excluding hydrogens is 218 g/mol. The number of nitrogens with one attached hydrogen (secondary N) is 1. The first-order valence-corrected chi connectivity index (χ1v) is 5.49. The molecule has 1 unspecified atom stereocenters. The van der Waals surface area contributed by atoms with Gasteiger partial charge < -0.3 is 19.7 Å². The van der Waals surface area contributed by atoms with E-state index >= 15 is 0 Å². The summed E-state index contributed by atoms with van der Waals surface area (Å²) in [7, 11) is 3.83. The van der Waals surface area contributed by atoms with Crippen LogP contribution in [0.3, 0.4) is 0 Å². The van der Waals surface area contributed by atoms with Crippen molar-refractivity contribution in [1.82, 2.24) is 10.2 Å². The van der Waals surface area contributed by atoms with Crippen molar-refractivity contribution in [2.24, 2.45) is 0 Å². The summed E-state index contributed by atoms with van der Waals surface area (Å²) in [6.45, 7) is 3.34. The molecule has 17 heavy (non-hydrogen) atoms. The highest BCUT2D eigenvalue weighted by Crippen LogP contribution is 2.07. The molecule has 0 aliphatic carbocycles. The van der Waals surface area contributed by atoms with Crippen LogP contribution in [0.2, 0.25) is 0 Å². The smallest absolute Gasteiger partial charge is 0.203 e. The van der Waals surface area contributed by atoms with Crippen molar-refractivity contribution in [3.63, 3.8) is 0 Å². The van der Waals surface area contributed by atoms with Crippen molar-refractivity contribution < 1.29 is 9.52 Å². The minimum Gasteiger partial charge on any atom is -0.449 e. The largest absolute Gasteiger partial charge is 0.449 e. The van der Waals surface area contributed by atoms with Gasteiger partial charge in [-0.1, -0.05) is 0 Å². The maximum absolute atomic E-state index is 10.0. The second-order valence-corrected chi connectivity index (χ2v) is 4.72. The van der Waals surface area contributed by atoms with Crippen molar-refractivity contribution in [3.05, 3.63) is 23.7 Å². The fraction of sp³-hybridized carbons (Fsp3) is 0.583. The molecule has 94 valence electrons. The van der Waals surface area contributed by atoms with Crippen LogP contribution in [0.15, 0.2) is 16.5 Å². The minimum absolute atomic E-state index is 0.307. The molecule has 0 aliphatic rings. The van der Waals surface area contributed by atoms with E-state index in [1.807, 2.05) is 25.1 Å². The normalized spacial score (nSPS) is 14.6. The van der Waals surface area contributed by atoms with Crippen molar-refractivity contribution in [2.75, 3.05) is 27.2 Å². The van der Waals surface area contributed by atoms with E-state index < -0.39 is 5.60 Å². The SMILES string of the molecule is CN(C)CC(C)(O)CNCc1ccc(C#N)o1. The van der Waals surface area contributed by atoms with E-state index in [0.29, 0.717) is 31.2 Å². The second kappa shape index (κ2) is 5.82. The van der Waals surface area contributed by atoms with Crippen LogP contribution in [0.5, 0.6) is 0 Å². The van der Waals surface area contributed by atoms with E-state index in [1.54, 1.807) is 19.1 Å². The number of likely N-dealkylation sites (N-methyl/N-ethyl adjacent to an activating group) is 1. The van der Waals surface area contributed by atoms with Gasteiger partial charge in [0.2, 0.25) is 5.76 Å². The van der Waals surface area contributed by atoms with E-state index in [9.17, 15) is 5.11 Å². The van der Waals surface area contributed by atoms with E-state index in [0.717, 1.165) is 0 Å². The van der Waals surface area contributed by atoms with Gasteiger partial charge in [0, 0.05) is 13.1 Å². The van der Waals surface area contributed by atoms with E-state index in [2.05, 4.69) is 5.32 Å². The van der Waals surface area contributed by atoms with Crippen LogP contribution in [0.1, 0.15) is 18.4 Å². The maximum atomic E-state index is 10.0. The molecule has 0 fully saturated rings. The molecule has 5 nitrogen and oxygen atoms in total. The molecule has 1 atom stereocenters. The molecule has 0 aliphatic heterocycles. The van der Waals surface area contributed by atoms with Gasteiger partial charge in [-0.15, -0.1) is 0 Å². The number of hydrogen-bond acceptors (Lipinski definition) is 5. The molecule has 1 aromatic rings. The lowest BCUT2D eigenvalue weighted by molar-refractivity contribution is 0.0332. The molecule has 1 rings (SSSR count). The molecule has 1 aromatic heterocycles. The average Bonchev–Trinajstić information content (AvgIpc) is 2.63. The summed E-state index contributed by atoms with van der Waals surface area (Å²) in [5.74, 6) is 1.00. The fourth-order valence-corrected chi connectivity index (χ4v) is 1.73. The third-order valence-electron chi connectivity index (χ3n) is 2.23. The lowest BCUT2D eigenvalue weighted by atomic mass is 10.1. The summed E-state index contributed by atoms with van der Waals surface area (Å²) in [6, 6.07) is 5.32. The number of nitrogens with zero attached hydrogens (tertiary/aromatic N) is 2. The Labute approximate surface area is 102 Å². The summed E-state index contributed by atoms with van der Waals surface area (Å²) >= 11 is 0. The third kappa shape index (κ3) is 5.00. The van der Waals surface area contributed by atoms with Gasteiger partial charge in [0.15, 0.2) is 0 Å². The molecular formula is C12H19N3O2.